The highest BCUT2D eigenvalue weighted by atomic mass is 16.5. The minimum Gasteiger partial charge on any atom is -0.399 e. The molecule has 24 heavy (non-hydrogen) atoms. The van der Waals surface area contributed by atoms with Crippen LogP contribution >= 0.6 is 0 Å². The van der Waals surface area contributed by atoms with Crippen LogP contribution in [0.3, 0.4) is 0 Å². The topological polar surface area (TPSA) is 66.0 Å². The Morgan fingerprint density at radius 1 is 1.17 bits per heavy atom. The Kier molecular flexibility index (Phi) is 4.01. The van der Waals surface area contributed by atoms with Crippen molar-refractivity contribution in [3.8, 4) is 0 Å². The maximum Gasteiger partial charge on any atom is 0.150 e. The van der Waals surface area contributed by atoms with Gasteiger partial charge in [-0.25, -0.2) is 4.68 Å². The lowest BCUT2D eigenvalue weighted by Crippen LogP contribution is -2.19. The molecule has 1 aromatic carbocycles. The van der Waals surface area contributed by atoms with Gasteiger partial charge < -0.3 is 10.5 Å². The zero-order valence-corrected chi connectivity index (χ0v) is 13.4. The van der Waals surface area contributed by atoms with Gasteiger partial charge in [0.05, 0.1) is 16.9 Å². The second-order valence-corrected chi connectivity index (χ2v) is 6.02. The van der Waals surface area contributed by atoms with E-state index in [4.69, 9.17) is 15.6 Å². The van der Waals surface area contributed by atoms with E-state index < -0.39 is 0 Å². The molecule has 4 rings (SSSR count). The van der Waals surface area contributed by atoms with E-state index in [1.165, 1.54) is 6.42 Å². The number of nitrogens with zero attached hydrogens (tertiary/aromatic N) is 3. The van der Waals surface area contributed by atoms with Crippen LogP contribution in [0.15, 0.2) is 42.6 Å². The number of nitrogens with two attached hydrogens (primary N) is 1. The smallest absolute Gasteiger partial charge is 0.150 e. The summed E-state index contributed by atoms with van der Waals surface area (Å²) in [6, 6.07) is 11.7. The molecule has 3 aromatic rings. The maximum absolute atomic E-state index is 5.98. The maximum atomic E-state index is 5.98. The molecule has 0 spiro atoms. The predicted octanol–water partition coefficient (Wildman–Crippen LogP) is 3.88. The Balaban J connectivity index is 1.77. The first kappa shape index (κ1) is 14.9. The first-order valence-corrected chi connectivity index (χ1v) is 8.30. The van der Waals surface area contributed by atoms with Crippen molar-refractivity contribution in [2.24, 2.45) is 0 Å². The molecule has 1 unspecified atom stereocenters. The summed E-state index contributed by atoms with van der Waals surface area (Å²) in [6.45, 7) is 0.792. The van der Waals surface area contributed by atoms with E-state index in [9.17, 15) is 0 Å². The summed E-state index contributed by atoms with van der Waals surface area (Å²) < 4.78 is 7.90. The number of aromatic nitrogens is 3. The van der Waals surface area contributed by atoms with Crippen molar-refractivity contribution in [2.45, 2.75) is 25.5 Å². The van der Waals surface area contributed by atoms with Crippen LogP contribution in [0.5, 0.6) is 0 Å². The molecule has 3 heterocycles. The molecule has 122 valence electrons. The first-order chi connectivity index (χ1) is 11.8. The monoisotopic (exact) mass is 320 g/mol. The van der Waals surface area contributed by atoms with E-state index in [2.05, 4.69) is 4.98 Å². The average molecular weight is 320 g/mol. The highest BCUT2D eigenvalue weighted by molar-refractivity contribution is 5.91. The summed E-state index contributed by atoms with van der Waals surface area (Å²) in [5.41, 5.74) is 9.56. The van der Waals surface area contributed by atoms with Gasteiger partial charge in [0.1, 0.15) is 0 Å². The molecule has 0 amide bonds. The Hall–Kier alpha value is -2.66. The van der Waals surface area contributed by atoms with E-state index >= 15 is 0 Å². The number of rotatable bonds is 3. The number of pyridine rings is 1. The van der Waals surface area contributed by atoms with Gasteiger partial charge in [-0.3, -0.25) is 4.98 Å². The van der Waals surface area contributed by atoms with Crippen LogP contribution in [0.2, 0.25) is 0 Å². The normalized spacial score (nSPS) is 18.4. The third-order valence-electron chi connectivity index (χ3n) is 4.29. The molecular formula is C19H20N4O. The highest BCUT2D eigenvalue weighted by Crippen LogP contribution is 2.29. The Labute approximate surface area is 140 Å². The fourth-order valence-corrected chi connectivity index (χ4v) is 3.08. The molecule has 1 fully saturated rings. The molecule has 1 aliphatic rings. The molecule has 5 heteroatoms. The lowest BCUT2D eigenvalue weighted by molar-refractivity contribution is -0.0367. The van der Waals surface area contributed by atoms with Crippen LogP contribution in [0.1, 0.15) is 36.9 Å². The first-order valence-electron chi connectivity index (χ1n) is 8.30. The van der Waals surface area contributed by atoms with Gasteiger partial charge >= 0.3 is 0 Å². The third-order valence-corrected chi connectivity index (χ3v) is 4.29. The lowest BCUT2D eigenvalue weighted by Gasteiger charge is -2.23. The van der Waals surface area contributed by atoms with E-state index in [0.29, 0.717) is 0 Å². The molecule has 0 aliphatic carbocycles. The van der Waals surface area contributed by atoms with Gasteiger partial charge in [0.2, 0.25) is 0 Å². The molecule has 1 atom stereocenters. The van der Waals surface area contributed by atoms with Crippen molar-refractivity contribution in [3.05, 3.63) is 54.0 Å². The number of anilines is 1. The van der Waals surface area contributed by atoms with Crippen LogP contribution in [0, 0.1) is 0 Å². The number of hydrogen-bond acceptors (Lipinski definition) is 4. The molecule has 5 nitrogen and oxygen atoms in total. The predicted molar refractivity (Wildman–Crippen MR) is 96.2 cm³/mol. The molecule has 0 saturated carbocycles. The van der Waals surface area contributed by atoms with Gasteiger partial charge in [-0.2, -0.15) is 5.10 Å². The second kappa shape index (κ2) is 6.45. The SMILES string of the molecule is Nc1ccc2c(c1)c(/C=C/c1ccccn1)nn2C1CCCCO1. The summed E-state index contributed by atoms with van der Waals surface area (Å²) >= 11 is 0. The molecular weight excluding hydrogens is 300 g/mol. The van der Waals surface area contributed by atoms with Crippen LogP contribution in [-0.2, 0) is 4.74 Å². The molecule has 2 N–H and O–H groups in total. The Bertz CT molecular complexity index is 864. The van der Waals surface area contributed by atoms with Gasteiger partial charge in [0.25, 0.3) is 0 Å². The second-order valence-electron chi connectivity index (χ2n) is 6.02. The summed E-state index contributed by atoms with van der Waals surface area (Å²) in [6.07, 6.45) is 9.02. The number of benzene rings is 1. The number of fused-ring (bicyclic) bond motifs is 1. The van der Waals surface area contributed by atoms with Crippen molar-refractivity contribution in [1.82, 2.24) is 14.8 Å². The van der Waals surface area contributed by atoms with Crippen molar-refractivity contribution in [1.29, 1.82) is 0 Å². The van der Waals surface area contributed by atoms with Crippen molar-refractivity contribution < 1.29 is 4.74 Å². The van der Waals surface area contributed by atoms with E-state index in [1.54, 1.807) is 6.20 Å². The van der Waals surface area contributed by atoms with Gasteiger partial charge in [0.15, 0.2) is 6.23 Å². The van der Waals surface area contributed by atoms with E-state index in [-0.39, 0.29) is 6.23 Å². The summed E-state index contributed by atoms with van der Waals surface area (Å²) in [5.74, 6) is 0. The molecule has 0 bridgehead atoms. The van der Waals surface area contributed by atoms with Crippen molar-refractivity contribution in [3.63, 3.8) is 0 Å². The lowest BCUT2D eigenvalue weighted by atomic mass is 10.1. The molecule has 0 radical (unpaired) electrons. The zero-order valence-electron chi connectivity index (χ0n) is 13.4. The highest BCUT2D eigenvalue weighted by Gasteiger charge is 2.20. The molecule has 1 saturated heterocycles. The fourth-order valence-electron chi connectivity index (χ4n) is 3.08. The fraction of sp³-hybridized carbons (Fsp3) is 0.263. The summed E-state index contributed by atoms with van der Waals surface area (Å²) in [7, 11) is 0. The van der Waals surface area contributed by atoms with Gasteiger partial charge in [-0.1, -0.05) is 6.07 Å². The standard InChI is InChI=1S/C19H20N4O/c20-14-7-10-18-16(13-14)17(9-8-15-5-1-3-11-21-15)22-23(18)19-6-2-4-12-24-19/h1,3,5,7-11,13,19H,2,4,6,12,20H2/b9-8+. The minimum absolute atomic E-state index is 0.00174. The van der Waals surface area contributed by atoms with E-state index in [1.807, 2.05) is 53.2 Å². The van der Waals surface area contributed by atoms with Gasteiger partial charge in [-0.15, -0.1) is 0 Å². The largest absolute Gasteiger partial charge is 0.399 e. The minimum atomic E-state index is 0.00174. The van der Waals surface area contributed by atoms with Crippen molar-refractivity contribution >= 4 is 28.7 Å². The van der Waals surface area contributed by atoms with Gasteiger partial charge in [-0.05, 0) is 61.7 Å². The van der Waals surface area contributed by atoms with Crippen LogP contribution in [0.4, 0.5) is 5.69 Å². The Morgan fingerprint density at radius 3 is 2.92 bits per heavy atom. The van der Waals surface area contributed by atoms with Crippen molar-refractivity contribution in [2.75, 3.05) is 12.3 Å². The zero-order chi connectivity index (χ0) is 16.4. The average Bonchev–Trinajstić information content (AvgIpc) is 2.99. The molecule has 1 aliphatic heterocycles. The Morgan fingerprint density at radius 2 is 2.12 bits per heavy atom. The van der Waals surface area contributed by atoms with E-state index in [0.717, 1.165) is 47.4 Å². The van der Waals surface area contributed by atoms with Crippen LogP contribution in [-0.4, -0.2) is 21.4 Å². The van der Waals surface area contributed by atoms with Crippen LogP contribution in [0.25, 0.3) is 23.1 Å². The van der Waals surface area contributed by atoms with Crippen LogP contribution < -0.4 is 5.73 Å². The summed E-state index contributed by atoms with van der Waals surface area (Å²) in [4.78, 5) is 4.32. The number of nitrogen functional groups attached to an aromatic ring is 1. The number of ether oxygens (including phenoxy) is 1. The quantitative estimate of drug-likeness (QED) is 0.744. The third kappa shape index (κ3) is 2.90. The number of hydrogen-bond donors (Lipinski definition) is 1. The summed E-state index contributed by atoms with van der Waals surface area (Å²) in [5, 5.41) is 5.83. The van der Waals surface area contributed by atoms with Gasteiger partial charge in [0, 0.05) is 23.9 Å². The molecule has 2 aromatic heterocycles.